The molecule has 0 spiro atoms. The lowest BCUT2D eigenvalue weighted by atomic mass is 9.97. The highest BCUT2D eigenvalue weighted by Crippen LogP contribution is 2.30. The van der Waals surface area contributed by atoms with E-state index in [-0.39, 0.29) is 47.9 Å². The van der Waals surface area contributed by atoms with Gasteiger partial charge in [0, 0.05) is 18.1 Å². The van der Waals surface area contributed by atoms with Crippen molar-refractivity contribution >= 4 is 10.8 Å². The van der Waals surface area contributed by atoms with E-state index in [1.54, 1.807) is 24.3 Å². The summed E-state index contributed by atoms with van der Waals surface area (Å²) in [7, 11) is 1.43. The number of methoxy groups -OCH3 is 1. The molecule has 0 aliphatic rings. The van der Waals surface area contributed by atoms with Crippen molar-refractivity contribution in [1.82, 2.24) is 0 Å². The SMILES string of the molecule is COCc1cc(F)c(CCc2ccc3c(F)c(CCc4cc(F)c(OC(F)(F)F)c(F)c4)ccc3c2)c(F)c1. The third-order valence-corrected chi connectivity index (χ3v) is 6.23. The third kappa shape index (κ3) is 6.86. The van der Waals surface area contributed by atoms with Crippen LogP contribution in [0, 0.1) is 29.1 Å². The highest BCUT2D eigenvalue weighted by Gasteiger charge is 2.34. The predicted octanol–water partition coefficient (Wildman–Crippen LogP) is 8.15. The van der Waals surface area contributed by atoms with Crippen molar-refractivity contribution in [3.8, 4) is 5.75 Å². The van der Waals surface area contributed by atoms with Crippen LogP contribution in [0.15, 0.2) is 54.6 Å². The van der Waals surface area contributed by atoms with Crippen molar-refractivity contribution in [2.24, 2.45) is 0 Å². The van der Waals surface area contributed by atoms with E-state index in [1.165, 1.54) is 25.3 Å². The van der Waals surface area contributed by atoms with Gasteiger partial charge >= 0.3 is 6.36 Å². The Balaban J connectivity index is 1.46. The number of rotatable bonds is 9. The zero-order valence-electron chi connectivity index (χ0n) is 20.6. The molecule has 0 fully saturated rings. The maximum absolute atomic E-state index is 15.2. The van der Waals surface area contributed by atoms with Crippen LogP contribution in [-0.2, 0) is 37.0 Å². The molecule has 2 nitrogen and oxygen atoms in total. The Labute approximate surface area is 218 Å². The average molecular weight is 554 g/mol. The van der Waals surface area contributed by atoms with Gasteiger partial charge in [-0.1, -0.05) is 30.3 Å². The molecule has 0 amide bonds. The minimum atomic E-state index is -5.25. The molecule has 0 atom stereocenters. The molecule has 0 aromatic heterocycles. The van der Waals surface area contributed by atoms with Crippen molar-refractivity contribution in [2.45, 2.75) is 38.7 Å². The zero-order chi connectivity index (χ0) is 28.3. The Morgan fingerprint density at radius 2 is 1.26 bits per heavy atom. The summed E-state index contributed by atoms with van der Waals surface area (Å²) < 4.78 is 117. The summed E-state index contributed by atoms with van der Waals surface area (Å²) in [5.41, 5.74) is 1.34. The fourth-order valence-corrected chi connectivity index (χ4v) is 4.40. The zero-order valence-corrected chi connectivity index (χ0v) is 20.6. The quantitative estimate of drug-likeness (QED) is 0.195. The van der Waals surface area contributed by atoms with E-state index in [1.807, 2.05) is 0 Å². The van der Waals surface area contributed by atoms with Crippen LogP contribution in [0.5, 0.6) is 5.75 Å². The van der Waals surface area contributed by atoms with E-state index >= 15 is 4.39 Å². The highest BCUT2D eigenvalue weighted by atomic mass is 19.4. The number of aryl methyl sites for hydroxylation is 3. The Morgan fingerprint density at radius 3 is 1.87 bits per heavy atom. The van der Waals surface area contributed by atoms with Crippen molar-refractivity contribution in [2.75, 3.05) is 7.11 Å². The van der Waals surface area contributed by atoms with Crippen LogP contribution in [0.4, 0.5) is 35.1 Å². The molecule has 0 unspecified atom stereocenters. The maximum Gasteiger partial charge on any atom is 0.573 e. The first-order chi connectivity index (χ1) is 18.4. The molecule has 4 aromatic carbocycles. The largest absolute Gasteiger partial charge is 0.573 e. The van der Waals surface area contributed by atoms with Crippen LogP contribution >= 0.6 is 0 Å². The highest BCUT2D eigenvalue weighted by molar-refractivity contribution is 5.84. The minimum Gasteiger partial charge on any atom is -0.399 e. The van der Waals surface area contributed by atoms with Crippen LogP contribution in [0.1, 0.15) is 27.8 Å². The van der Waals surface area contributed by atoms with E-state index in [2.05, 4.69) is 4.74 Å². The first-order valence-corrected chi connectivity index (χ1v) is 11.8. The lowest BCUT2D eigenvalue weighted by Crippen LogP contribution is -2.19. The number of fused-ring (bicyclic) bond motifs is 1. The van der Waals surface area contributed by atoms with E-state index in [0.29, 0.717) is 29.5 Å². The van der Waals surface area contributed by atoms with Gasteiger partial charge in [0.25, 0.3) is 0 Å². The molecule has 0 saturated heterocycles. The lowest BCUT2D eigenvalue weighted by Gasteiger charge is -2.12. The number of hydrogen-bond donors (Lipinski definition) is 0. The summed E-state index contributed by atoms with van der Waals surface area (Å²) in [6.07, 6.45) is -4.86. The van der Waals surface area contributed by atoms with E-state index in [9.17, 15) is 30.7 Å². The molecule has 0 bridgehead atoms. The monoisotopic (exact) mass is 554 g/mol. The first-order valence-electron chi connectivity index (χ1n) is 11.8. The standard InChI is InChI=1S/C29H22F8O2/c1-38-15-18-13-23(30)22(24(31)14-18)9-4-16-3-8-21-20(10-16)7-6-19(27(21)34)5-2-17-11-25(32)28(26(33)12-17)39-29(35,36)37/h3,6-8,10-14H,2,4-5,9,15H2,1H3. The molecular weight excluding hydrogens is 532 g/mol. The smallest absolute Gasteiger partial charge is 0.399 e. The Hall–Kier alpha value is -3.66. The van der Waals surface area contributed by atoms with Gasteiger partial charge in [0.15, 0.2) is 11.6 Å². The van der Waals surface area contributed by atoms with Gasteiger partial charge in [-0.15, -0.1) is 13.2 Å². The van der Waals surface area contributed by atoms with Crippen LogP contribution < -0.4 is 4.74 Å². The normalized spacial score (nSPS) is 11.8. The van der Waals surface area contributed by atoms with Crippen LogP contribution in [-0.4, -0.2) is 13.5 Å². The van der Waals surface area contributed by atoms with Crippen LogP contribution in [0.3, 0.4) is 0 Å². The van der Waals surface area contributed by atoms with Gasteiger partial charge in [0.1, 0.15) is 17.5 Å². The summed E-state index contributed by atoms with van der Waals surface area (Å²) in [6.45, 7) is 0.0866. The number of hydrogen-bond acceptors (Lipinski definition) is 2. The summed E-state index contributed by atoms with van der Waals surface area (Å²) in [5, 5.41) is 0.833. The third-order valence-electron chi connectivity index (χ3n) is 6.23. The summed E-state index contributed by atoms with van der Waals surface area (Å²) in [6, 6.07) is 11.9. The van der Waals surface area contributed by atoms with Crippen molar-refractivity contribution in [3.63, 3.8) is 0 Å². The fraction of sp³-hybridized carbons (Fsp3) is 0.241. The van der Waals surface area contributed by atoms with Gasteiger partial charge in [-0.3, -0.25) is 0 Å². The molecule has 4 aromatic rings. The second-order valence-electron chi connectivity index (χ2n) is 9.00. The van der Waals surface area contributed by atoms with E-state index in [4.69, 9.17) is 4.74 Å². The fourth-order valence-electron chi connectivity index (χ4n) is 4.40. The summed E-state index contributed by atoms with van der Waals surface area (Å²) >= 11 is 0. The summed E-state index contributed by atoms with van der Waals surface area (Å²) in [5.74, 6) is -6.46. The Kier molecular flexibility index (Phi) is 8.44. The molecule has 0 N–H and O–H groups in total. The molecule has 39 heavy (non-hydrogen) atoms. The molecule has 0 aliphatic carbocycles. The molecule has 0 radical (unpaired) electrons. The van der Waals surface area contributed by atoms with Gasteiger partial charge in [-0.2, -0.15) is 0 Å². The molecule has 4 rings (SSSR count). The maximum atomic E-state index is 15.2. The van der Waals surface area contributed by atoms with Crippen LogP contribution in [0.25, 0.3) is 10.8 Å². The molecular formula is C29H22F8O2. The van der Waals surface area contributed by atoms with Gasteiger partial charge in [-0.05, 0) is 77.6 Å². The lowest BCUT2D eigenvalue weighted by molar-refractivity contribution is -0.276. The summed E-state index contributed by atoms with van der Waals surface area (Å²) in [4.78, 5) is 0. The van der Waals surface area contributed by atoms with Gasteiger partial charge in [-0.25, -0.2) is 22.0 Å². The predicted molar refractivity (Wildman–Crippen MR) is 129 cm³/mol. The van der Waals surface area contributed by atoms with Crippen molar-refractivity contribution < 1.29 is 44.6 Å². The second-order valence-corrected chi connectivity index (χ2v) is 9.00. The molecule has 10 heteroatoms. The van der Waals surface area contributed by atoms with Gasteiger partial charge in [0.2, 0.25) is 5.75 Å². The van der Waals surface area contributed by atoms with Gasteiger partial charge < -0.3 is 9.47 Å². The number of halogens is 8. The Bertz CT molecular complexity index is 1450. The first kappa shape index (κ1) is 28.4. The molecule has 206 valence electrons. The topological polar surface area (TPSA) is 18.5 Å². The van der Waals surface area contributed by atoms with Crippen molar-refractivity contribution in [3.05, 3.63) is 112 Å². The van der Waals surface area contributed by atoms with Crippen LogP contribution in [0.2, 0.25) is 0 Å². The molecule has 0 heterocycles. The number of benzene rings is 4. The second kappa shape index (κ2) is 11.6. The molecule has 0 saturated carbocycles. The average Bonchev–Trinajstić information content (AvgIpc) is 2.85. The molecule has 0 aliphatic heterocycles. The number of ether oxygens (including phenoxy) is 2. The van der Waals surface area contributed by atoms with E-state index in [0.717, 1.165) is 5.56 Å². The van der Waals surface area contributed by atoms with E-state index < -0.39 is 41.2 Å². The van der Waals surface area contributed by atoms with Crippen molar-refractivity contribution in [1.29, 1.82) is 0 Å². The van der Waals surface area contributed by atoms with Gasteiger partial charge in [0.05, 0.1) is 6.61 Å². The Morgan fingerprint density at radius 1 is 0.641 bits per heavy atom. The minimum absolute atomic E-state index is 0.0273. The number of alkyl halides is 3.